The maximum Gasteiger partial charge on any atom is 0.240 e. The monoisotopic (exact) mass is 256 g/mol. The first-order valence-corrected chi connectivity index (χ1v) is 6.60. The van der Waals surface area contributed by atoms with Crippen LogP contribution in [0.15, 0.2) is 0 Å². The van der Waals surface area contributed by atoms with Crippen LogP contribution in [0, 0.1) is 5.41 Å². The molecule has 2 atom stereocenters. The van der Waals surface area contributed by atoms with Gasteiger partial charge in [-0.1, -0.05) is 13.8 Å². The van der Waals surface area contributed by atoms with Crippen LogP contribution in [0.25, 0.3) is 0 Å². The fourth-order valence-electron chi connectivity index (χ4n) is 2.80. The molecule has 5 nitrogen and oxygen atoms in total. The molecule has 0 aromatic rings. The van der Waals surface area contributed by atoms with Crippen LogP contribution >= 0.6 is 0 Å². The van der Waals surface area contributed by atoms with E-state index in [0.29, 0.717) is 26.1 Å². The molecule has 0 aromatic heterocycles. The molecular weight excluding hydrogens is 232 g/mol. The first-order valence-electron chi connectivity index (χ1n) is 6.60. The minimum absolute atomic E-state index is 0.0219. The van der Waals surface area contributed by atoms with Gasteiger partial charge in [0.25, 0.3) is 0 Å². The number of hydrogen-bond donors (Lipinski definition) is 2. The number of amides is 1. The number of nitrogens with two attached hydrogens (primary N) is 1. The molecule has 2 aliphatic rings. The van der Waals surface area contributed by atoms with Gasteiger partial charge >= 0.3 is 0 Å². The molecule has 0 radical (unpaired) electrons. The summed E-state index contributed by atoms with van der Waals surface area (Å²) < 4.78 is 10.6. The van der Waals surface area contributed by atoms with Crippen molar-refractivity contribution in [3.05, 3.63) is 0 Å². The number of hydrogen-bond acceptors (Lipinski definition) is 4. The Kier molecular flexibility index (Phi) is 3.67. The minimum atomic E-state index is -0.757. The molecule has 0 bridgehead atoms. The van der Waals surface area contributed by atoms with Gasteiger partial charge in [-0.25, -0.2) is 0 Å². The van der Waals surface area contributed by atoms with Gasteiger partial charge in [0, 0.05) is 31.8 Å². The van der Waals surface area contributed by atoms with Crippen molar-refractivity contribution in [3.63, 3.8) is 0 Å². The molecule has 5 heteroatoms. The Hall–Kier alpha value is -0.650. The highest BCUT2D eigenvalue weighted by Crippen LogP contribution is 2.42. The van der Waals surface area contributed by atoms with E-state index >= 15 is 0 Å². The number of carbonyl (C=O) groups excluding carboxylic acids is 1. The van der Waals surface area contributed by atoms with Gasteiger partial charge in [-0.3, -0.25) is 4.79 Å². The highest BCUT2D eigenvalue weighted by atomic mass is 16.5. The number of methoxy groups -OCH3 is 1. The fourth-order valence-corrected chi connectivity index (χ4v) is 2.80. The van der Waals surface area contributed by atoms with Gasteiger partial charge in [0.15, 0.2) is 0 Å². The minimum Gasteiger partial charge on any atom is -0.381 e. The summed E-state index contributed by atoms with van der Waals surface area (Å²) in [4.78, 5) is 12.3. The van der Waals surface area contributed by atoms with Gasteiger partial charge in [-0.2, -0.15) is 0 Å². The van der Waals surface area contributed by atoms with Crippen molar-refractivity contribution in [3.8, 4) is 0 Å². The van der Waals surface area contributed by atoms with Gasteiger partial charge < -0.3 is 20.5 Å². The average molecular weight is 256 g/mol. The van der Waals surface area contributed by atoms with Crippen molar-refractivity contribution in [1.82, 2.24) is 5.32 Å². The second-order valence-electron chi connectivity index (χ2n) is 6.08. The summed E-state index contributed by atoms with van der Waals surface area (Å²) in [5, 5.41) is 3.08. The lowest BCUT2D eigenvalue weighted by Gasteiger charge is -2.52. The molecule has 3 N–H and O–H groups in total. The summed E-state index contributed by atoms with van der Waals surface area (Å²) in [6.45, 7) is 5.36. The maximum atomic E-state index is 12.3. The first-order chi connectivity index (χ1) is 8.40. The second-order valence-corrected chi connectivity index (χ2v) is 6.08. The number of rotatable bonds is 3. The molecule has 1 aliphatic carbocycles. The van der Waals surface area contributed by atoms with E-state index in [1.807, 2.05) is 0 Å². The van der Waals surface area contributed by atoms with E-state index in [-0.39, 0.29) is 23.5 Å². The number of carbonyl (C=O) groups is 1. The van der Waals surface area contributed by atoms with E-state index in [1.54, 1.807) is 7.11 Å². The molecular formula is C13H24N2O3. The summed E-state index contributed by atoms with van der Waals surface area (Å²) in [7, 11) is 1.72. The van der Waals surface area contributed by atoms with Crippen LogP contribution < -0.4 is 11.1 Å². The Morgan fingerprint density at radius 3 is 2.50 bits per heavy atom. The molecule has 0 aromatic carbocycles. The highest BCUT2D eigenvalue weighted by molar-refractivity contribution is 5.86. The average Bonchev–Trinajstić information content (AvgIpc) is 2.34. The molecule has 104 valence electrons. The molecule has 2 rings (SSSR count). The SMILES string of the molecule is COC1CC(NC(=O)C2(N)CCOCC2)C1(C)C. The number of ether oxygens (including phenoxy) is 2. The standard InChI is InChI=1S/C13H24N2O3/c1-12(2)9(8-10(12)17-3)15-11(16)13(14)4-6-18-7-5-13/h9-10H,4-8,14H2,1-3H3,(H,15,16). The van der Waals surface area contributed by atoms with Crippen LogP contribution in [0.3, 0.4) is 0 Å². The molecule has 0 spiro atoms. The van der Waals surface area contributed by atoms with Gasteiger partial charge in [0.2, 0.25) is 5.91 Å². The second kappa shape index (κ2) is 4.79. The van der Waals surface area contributed by atoms with Crippen LogP contribution in [-0.4, -0.2) is 43.9 Å². The predicted molar refractivity (Wildman–Crippen MR) is 68.1 cm³/mol. The summed E-state index contributed by atoms with van der Waals surface area (Å²) in [6.07, 6.45) is 2.27. The molecule has 18 heavy (non-hydrogen) atoms. The first kappa shape index (κ1) is 13.8. The van der Waals surface area contributed by atoms with Gasteiger partial charge in [0.1, 0.15) is 0 Å². The third-order valence-electron chi connectivity index (χ3n) is 4.60. The van der Waals surface area contributed by atoms with Crippen LogP contribution in [-0.2, 0) is 14.3 Å². The fraction of sp³-hybridized carbons (Fsp3) is 0.923. The summed E-state index contributed by atoms with van der Waals surface area (Å²) in [5.41, 5.74) is 5.38. The van der Waals surface area contributed by atoms with E-state index in [9.17, 15) is 4.79 Å². The lowest BCUT2D eigenvalue weighted by molar-refractivity contribution is -0.140. The Bertz CT molecular complexity index is 324. The van der Waals surface area contributed by atoms with E-state index in [2.05, 4.69) is 19.2 Å². The third-order valence-corrected chi connectivity index (χ3v) is 4.60. The molecule has 2 unspecified atom stereocenters. The topological polar surface area (TPSA) is 73.6 Å². The van der Waals surface area contributed by atoms with Crippen molar-refractivity contribution in [2.24, 2.45) is 11.1 Å². The Morgan fingerprint density at radius 1 is 1.39 bits per heavy atom. The van der Waals surface area contributed by atoms with Gasteiger partial charge in [-0.05, 0) is 19.3 Å². The van der Waals surface area contributed by atoms with Crippen molar-refractivity contribution < 1.29 is 14.3 Å². The van der Waals surface area contributed by atoms with Crippen LogP contribution in [0.5, 0.6) is 0 Å². The van der Waals surface area contributed by atoms with Crippen LogP contribution in [0.1, 0.15) is 33.1 Å². The predicted octanol–water partition coefficient (Wildman–Crippen LogP) is 0.424. The Morgan fingerprint density at radius 2 is 2.00 bits per heavy atom. The summed E-state index contributed by atoms with van der Waals surface area (Å²) in [5.74, 6) is -0.0431. The van der Waals surface area contributed by atoms with E-state index < -0.39 is 5.54 Å². The molecule has 1 saturated heterocycles. The number of nitrogens with one attached hydrogen (secondary N) is 1. The quantitative estimate of drug-likeness (QED) is 0.767. The maximum absolute atomic E-state index is 12.3. The molecule has 1 amide bonds. The van der Waals surface area contributed by atoms with Crippen molar-refractivity contribution in [2.75, 3.05) is 20.3 Å². The molecule has 2 fully saturated rings. The van der Waals surface area contributed by atoms with Crippen molar-refractivity contribution in [1.29, 1.82) is 0 Å². The van der Waals surface area contributed by atoms with Crippen molar-refractivity contribution >= 4 is 5.91 Å². The van der Waals surface area contributed by atoms with Gasteiger partial charge in [0.05, 0.1) is 11.6 Å². The molecule has 1 saturated carbocycles. The Labute approximate surface area is 108 Å². The summed E-state index contributed by atoms with van der Waals surface area (Å²) in [6, 6.07) is 0.151. The Balaban J connectivity index is 1.92. The zero-order chi connectivity index (χ0) is 13.4. The lowest BCUT2D eigenvalue weighted by Crippen LogP contribution is -2.66. The smallest absolute Gasteiger partial charge is 0.240 e. The molecule has 1 aliphatic heterocycles. The van der Waals surface area contributed by atoms with E-state index in [4.69, 9.17) is 15.2 Å². The summed E-state index contributed by atoms with van der Waals surface area (Å²) >= 11 is 0. The van der Waals surface area contributed by atoms with E-state index in [1.165, 1.54) is 0 Å². The van der Waals surface area contributed by atoms with Crippen LogP contribution in [0.4, 0.5) is 0 Å². The third kappa shape index (κ3) is 2.27. The lowest BCUT2D eigenvalue weighted by atomic mass is 9.64. The molecule has 1 heterocycles. The van der Waals surface area contributed by atoms with Gasteiger partial charge in [-0.15, -0.1) is 0 Å². The largest absolute Gasteiger partial charge is 0.381 e. The zero-order valence-electron chi connectivity index (χ0n) is 11.5. The zero-order valence-corrected chi connectivity index (χ0v) is 11.5. The highest BCUT2D eigenvalue weighted by Gasteiger charge is 2.50. The van der Waals surface area contributed by atoms with Crippen LogP contribution in [0.2, 0.25) is 0 Å². The van der Waals surface area contributed by atoms with Crippen molar-refractivity contribution in [2.45, 2.75) is 50.8 Å². The van der Waals surface area contributed by atoms with E-state index in [0.717, 1.165) is 6.42 Å². The normalized spacial score (nSPS) is 33.6.